The number of benzene rings is 3. The van der Waals surface area contributed by atoms with Crippen LogP contribution in [0.25, 0.3) is 11.1 Å². The summed E-state index contributed by atoms with van der Waals surface area (Å²) in [7, 11) is 0. The van der Waals surface area contributed by atoms with Crippen molar-refractivity contribution in [3.05, 3.63) is 90.0 Å². The maximum atomic E-state index is 11.8. The molecule has 0 aromatic heterocycles. The summed E-state index contributed by atoms with van der Waals surface area (Å²) in [6.07, 6.45) is 1.48. The highest BCUT2D eigenvalue weighted by atomic mass is 16.5. The third-order valence-corrected chi connectivity index (χ3v) is 5.78. The molecular formula is C26H27NO3. The molecule has 154 valence electrons. The van der Waals surface area contributed by atoms with Gasteiger partial charge in [0.25, 0.3) is 0 Å². The van der Waals surface area contributed by atoms with E-state index in [0.717, 1.165) is 47.5 Å². The van der Waals surface area contributed by atoms with Gasteiger partial charge in [0.15, 0.2) is 0 Å². The molecule has 1 aliphatic heterocycles. The lowest BCUT2D eigenvalue weighted by Crippen LogP contribution is -2.27. The molecule has 0 saturated carbocycles. The summed E-state index contributed by atoms with van der Waals surface area (Å²) in [5.74, 6) is -0.0351. The predicted molar refractivity (Wildman–Crippen MR) is 118 cm³/mol. The van der Waals surface area contributed by atoms with E-state index in [1.54, 1.807) is 0 Å². The molecule has 2 atom stereocenters. The zero-order valence-electron chi connectivity index (χ0n) is 17.0. The molecule has 1 aliphatic rings. The fourth-order valence-electron chi connectivity index (χ4n) is 4.14. The standard InChI is InChI=1S/C26H27NO3/c28-26(29)25(23-12-13-27-17-23)15-19-6-4-7-20(14-19)18-30-24-11-5-10-22(16-24)21-8-2-1-3-9-21/h1-11,14,16,23,25,27H,12-13,15,17-18H2,(H,28,29)/t23-,25-/m0/s1. The molecule has 3 aromatic carbocycles. The fourth-order valence-corrected chi connectivity index (χ4v) is 4.14. The molecule has 0 radical (unpaired) electrons. The van der Waals surface area contributed by atoms with Crippen LogP contribution >= 0.6 is 0 Å². The van der Waals surface area contributed by atoms with E-state index in [1.165, 1.54) is 0 Å². The molecule has 1 fully saturated rings. The Morgan fingerprint density at radius 1 is 0.967 bits per heavy atom. The molecular weight excluding hydrogens is 374 g/mol. The van der Waals surface area contributed by atoms with Crippen molar-refractivity contribution in [2.45, 2.75) is 19.4 Å². The van der Waals surface area contributed by atoms with Crippen molar-refractivity contribution in [2.75, 3.05) is 13.1 Å². The fraction of sp³-hybridized carbons (Fsp3) is 0.269. The number of hydrogen-bond acceptors (Lipinski definition) is 3. The summed E-state index contributed by atoms with van der Waals surface area (Å²) in [6, 6.07) is 26.4. The van der Waals surface area contributed by atoms with Gasteiger partial charge in [0, 0.05) is 0 Å². The Labute approximate surface area is 177 Å². The van der Waals surface area contributed by atoms with E-state index < -0.39 is 5.97 Å². The molecule has 4 heteroatoms. The van der Waals surface area contributed by atoms with Gasteiger partial charge in [-0.05, 0) is 66.2 Å². The summed E-state index contributed by atoms with van der Waals surface area (Å²) in [5.41, 5.74) is 4.38. The van der Waals surface area contributed by atoms with E-state index >= 15 is 0 Å². The Hall–Kier alpha value is -3.11. The van der Waals surface area contributed by atoms with E-state index in [2.05, 4.69) is 29.6 Å². The highest BCUT2D eigenvalue weighted by Gasteiger charge is 2.30. The largest absolute Gasteiger partial charge is 0.489 e. The van der Waals surface area contributed by atoms with Gasteiger partial charge >= 0.3 is 5.97 Å². The maximum Gasteiger partial charge on any atom is 0.307 e. The minimum atomic E-state index is -0.705. The van der Waals surface area contributed by atoms with Crippen LogP contribution in [-0.4, -0.2) is 24.2 Å². The third kappa shape index (κ3) is 5.08. The maximum absolute atomic E-state index is 11.8. The van der Waals surface area contributed by atoms with E-state index in [-0.39, 0.29) is 11.8 Å². The molecule has 0 spiro atoms. The van der Waals surface area contributed by atoms with Gasteiger partial charge in [-0.3, -0.25) is 4.79 Å². The minimum Gasteiger partial charge on any atom is -0.489 e. The van der Waals surface area contributed by atoms with Crippen LogP contribution < -0.4 is 10.1 Å². The van der Waals surface area contributed by atoms with Crippen molar-refractivity contribution >= 4 is 5.97 Å². The monoisotopic (exact) mass is 401 g/mol. The normalized spacial score (nSPS) is 16.9. The van der Waals surface area contributed by atoms with Crippen LogP contribution in [-0.2, 0) is 17.8 Å². The lowest BCUT2D eigenvalue weighted by Gasteiger charge is -2.19. The van der Waals surface area contributed by atoms with Crippen LogP contribution in [0.3, 0.4) is 0 Å². The number of rotatable bonds is 8. The number of carbonyl (C=O) groups is 1. The molecule has 0 bridgehead atoms. The van der Waals surface area contributed by atoms with Crippen LogP contribution in [0, 0.1) is 11.8 Å². The van der Waals surface area contributed by atoms with Crippen LogP contribution in [0.4, 0.5) is 0 Å². The minimum absolute atomic E-state index is 0.197. The predicted octanol–water partition coefficient (Wildman–Crippen LogP) is 4.79. The van der Waals surface area contributed by atoms with Gasteiger partial charge in [0.05, 0.1) is 5.92 Å². The van der Waals surface area contributed by atoms with E-state index in [1.807, 2.05) is 54.6 Å². The molecule has 0 unspecified atom stereocenters. The number of carboxylic acids is 1. The van der Waals surface area contributed by atoms with Crippen molar-refractivity contribution in [3.63, 3.8) is 0 Å². The lowest BCUT2D eigenvalue weighted by molar-refractivity contribution is -0.143. The number of carboxylic acid groups (broad SMARTS) is 1. The van der Waals surface area contributed by atoms with Crippen molar-refractivity contribution in [2.24, 2.45) is 11.8 Å². The average Bonchev–Trinajstić information content (AvgIpc) is 3.31. The highest BCUT2D eigenvalue weighted by Crippen LogP contribution is 2.26. The molecule has 1 saturated heterocycles. The molecule has 0 aliphatic carbocycles. The topological polar surface area (TPSA) is 58.6 Å². The van der Waals surface area contributed by atoms with Crippen LogP contribution in [0.2, 0.25) is 0 Å². The number of ether oxygens (including phenoxy) is 1. The first-order valence-corrected chi connectivity index (χ1v) is 10.5. The first-order chi connectivity index (χ1) is 14.7. The van der Waals surface area contributed by atoms with Crippen molar-refractivity contribution in [1.29, 1.82) is 0 Å². The average molecular weight is 402 g/mol. The molecule has 3 aromatic rings. The first-order valence-electron chi connectivity index (χ1n) is 10.5. The van der Waals surface area contributed by atoms with E-state index in [4.69, 9.17) is 4.74 Å². The van der Waals surface area contributed by atoms with Crippen molar-refractivity contribution in [1.82, 2.24) is 5.32 Å². The Morgan fingerprint density at radius 2 is 1.73 bits per heavy atom. The molecule has 30 heavy (non-hydrogen) atoms. The van der Waals surface area contributed by atoms with Gasteiger partial charge in [-0.1, -0.05) is 66.7 Å². The van der Waals surface area contributed by atoms with Crippen molar-refractivity contribution < 1.29 is 14.6 Å². The van der Waals surface area contributed by atoms with Gasteiger partial charge in [-0.25, -0.2) is 0 Å². The second-order valence-electron chi connectivity index (χ2n) is 7.90. The Bertz CT molecular complexity index is 980. The molecule has 1 heterocycles. The van der Waals surface area contributed by atoms with Gasteiger partial charge in [0.1, 0.15) is 12.4 Å². The van der Waals surface area contributed by atoms with Crippen LogP contribution in [0.1, 0.15) is 17.5 Å². The Balaban J connectivity index is 1.42. The van der Waals surface area contributed by atoms with Crippen LogP contribution in [0.5, 0.6) is 5.75 Å². The Kier molecular flexibility index (Phi) is 6.45. The second kappa shape index (κ2) is 9.59. The Morgan fingerprint density at radius 3 is 2.50 bits per heavy atom. The zero-order valence-corrected chi connectivity index (χ0v) is 17.0. The number of nitrogens with one attached hydrogen (secondary N) is 1. The summed E-state index contributed by atoms with van der Waals surface area (Å²) < 4.78 is 6.04. The van der Waals surface area contributed by atoms with Gasteiger partial charge in [-0.15, -0.1) is 0 Å². The van der Waals surface area contributed by atoms with E-state index in [9.17, 15) is 9.90 Å². The van der Waals surface area contributed by atoms with Crippen LogP contribution in [0.15, 0.2) is 78.9 Å². The van der Waals surface area contributed by atoms with Gasteiger partial charge in [-0.2, -0.15) is 0 Å². The summed E-state index contributed by atoms with van der Waals surface area (Å²) in [4.78, 5) is 11.8. The second-order valence-corrected chi connectivity index (χ2v) is 7.90. The SMILES string of the molecule is O=C(O)[C@@H](Cc1cccc(COc2cccc(-c3ccccc3)c2)c1)[C@H]1CCNC1. The third-order valence-electron chi connectivity index (χ3n) is 5.78. The quantitative estimate of drug-likeness (QED) is 0.570. The number of hydrogen-bond donors (Lipinski definition) is 2. The highest BCUT2D eigenvalue weighted by molar-refractivity contribution is 5.71. The molecule has 0 amide bonds. The van der Waals surface area contributed by atoms with E-state index in [0.29, 0.717) is 13.0 Å². The molecule has 2 N–H and O–H groups in total. The van der Waals surface area contributed by atoms with Gasteiger partial charge < -0.3 is 15.2 Å². The van der Waals surface area contributed by atoms with Gasteiger partial charge in [0.2, 0.25) is 0 Å². The van der Waals surface area contributed by atoms with Crippen molar-refractivity contribution in [3.8, 4) is 16.9 Å². The molecule has 4 nitrogen and oxygen atoms in total. The summed E-state index contributed by atoms with van der Waals surface area (Å²) in [6.45, 7) is 2.15. The zero-order chi connectivity index (χ0) is 20.8. The lowest BCUT2D eigenvalue weighted by atomic mass is 9.86. The first kappa shape index (κ1) is 20.2. The number of aliphatic carboxylic acids is 1. The summed E-state index contributed by atoms with van der Waals surface area (Å²) >= 11 is 0. The smallest absolute Gasteiger partial charge is 0.307 e. The summed E-state index contributed by atoms with van der Waals surface area (Å²) in [5, 5.41) is 13.0. The molecule has 4 rings (SSSR count).